The molecule has 144 valence electrons. The summed E-state index contributed by atoms with van der Waals surface area (Å²) in [7, 11) is 0. The molecule has 6 nitrogen and oxygen atoms in total. The summed E-state index contributed by atoms with van der Waals surface area (Å²) in [6.07, 6.45) is 0.790. The lowest BCUT2D eigenvalue weighted by molar-refractivity contribution is -0.122. The van der Waals surface area contributed by atoms with Crippen LogP contribution in [0.2, 0.25) is 0 Å². The topological polar surface area (TPSA) is 84.0 Å². The van der Waals surface area contributed by atoms with Crippen molar-refractivity contribution in [1.29, 1.82) is 0 Å². The summed E-state index contributed by atoms with van der Waals surface area (Å²) >= 11 is 1.65. The summed E-state index contributed by atoms with van der Waals surface area (Å²) < 4.78 is 15.0. The predicted octanol–water partition coefficient (Wildman–Crippen LogP) is 2.57. The number of nitrogens with one attached hydrogen (secondary N) is 2. The number of para-hydroxylation sites is 1. The maximum absolute atomic E-state index is 13.6. The molecule has 1 amide bonds. The van der Waals surface area contributed by atoms with Gasteiger partial charge in [0.15, 0.2) is 0 Å². The van der Waals surface area contributed by atoms with Gasteiger partial charge in [0, 0.05) is 23.6 Å². The van der Waals surface area contributed by atoms with Crippen molar-refractivity contribution in [2.24, 2.45) is 0 Å². The van der Waals surface area contributed by atoms with Gasteiger partial charge in [-0.1, -0.05) is 12.1 Å². The van der Waals surface area contributed by atoms with E-state index in [9.17, 15) is 18.8 Å². The van der Waals surface area contributed by atoms with E-state index in [1.165, 1.54) is 16.7 Å². The molecule has 2 aromatic carbocycles. The van der Waals surface area contributed by atoms with E-state index < -0.39 is 11.2 Å². The van der Waals surface area contributed by atoms with Crippen LogP contribution in [0.5, 0.6) is 0 Å². The van der Waals surface area contributed by atoms with Gasteiger partial charge in [-0.2, -0.15) is 0 Å². The summed E-state index contributed by atoms with van der Waals surface area (Å²) in [5.74, 6) is 0.286. The minimum atomic E-state index is -0.544. The number of halogens is 1. The number of benzene rings is 2. The van der Waals surface area contributed by atoms with Gasteiger partial charge in [0.2, 0.25) is 5.91 Å². The number of nitrogens with zero attached hydrogens (tertiary/aromatic N) is 1. The largest absolute Gasteiger partial charge is 0.349 e. The molecule has 0 bridgehead atoms. The Morgan fingerprint density at radius 2 is 2.07 bits per heavy atom. The van der Waals surface area contributed by atoms with Gasteiger partial charge in [-0.15, -0.1) is 11.8 Å². The molecule has 0 fully saturated rings. The van der Waals surface area contributed by atoms with E-state index in [1.54, 1.807) is 42.1 Å². The van der Waals surface area contributed by atoms with Gasteiger partial charge in [-0.25, -0.2) is 9.18 Å². The minimum Gasteiger partial charge on any atom is -0.349 e. The zero-order valence-corrected chi connectivity index (χ0v) is 15.7. The van der Waals surface area contributed by atoms with Gasteiger partial charge in [-0.3, -0.25) is 19.1 Å². The van der Waals surface area contributed by atoms with Crippen molar-refractivity contribution in [3.63, 3.8) is 0 Å². The molecule has 0 saturated heterocycles. The lowest BCUT2D eigenvalue weighted by Crippen LogP contribution is -2.34. The SMILES string of the molecule is O=C(CCn1c(=O)[nH]c(=O)c2ccccc21)N[C@@H]1CCSc2ccc(F)cc21. The van der Waals surface area contributed by atoms with Crippen LogP contribution in [0, 0.1) is 5.82 Å². The molecule has 0 saturated carbocycles. The molecule has 0 unspecified atom stereocenters. The number of fused-ring (bicyclic) bond motifs is 2. The molecule has 2 heterocycles. The van der Waals surface area contributed by atoms with Crippen LogP contribution in [0.1, 0.15) is 24.4 Å². The summed E-state index contributed by atoms with van der Waals surface area (Å²) in [5, 5.41) is 3.34. The van der Waals surface area contributed by atoms with E-state index in [0.717, 1.165) is 16.2 Å². The maximum atomic E-state index is 13.6. The van der Waals surface area contributed by atoms with E-state index in [2.05, 4.69) is 10.3 Å². The van der Waals surface area contributed by atoms with Crippen LogP contribution in [0.15, 0.2) is 56.9 Å². The van der Waals surface area contributed by atoms with E-state index in [-0.39, 0.29) is 30.7 Å². The molecule has 1 aliphatic heterocycles. The zero-order valence-electron chi connectivity index (χ0n) is 14.9. The van der Waals surface area contributed by atoms with Crippen LogP contribution in [0.25, 0.3) is 10.9 Å². The molecule has 0 spiro atoms. The first-order chi connectivity index (χ1) is 13.5. The van der Waals surface area contributed by atoms with E-state index in [1.807, 2.05) is 0 Å². The number of carbonyl (C=O) groups excluding carboxylic acids is 1. The van der Waals surface area contributed by atoms with Crippen molar-refractivity contribution in [1.82, 2.24) is 14.9 Å². The van der Waals surface area contributed by atoms with Gasteiger partial charge in [-0.05, 0) is 42.3 Å². The number of aromatic nitrogens is 2. The highest BCUT2D eigenvalue weighted by Crippen LogP contribution is 2.36. The van der Waals surface area contributed by atoms with E-state index >= 15 is 0 Å². The zero-order chi connectivity index (χ0) is 19.7. The number of hydrogen-bond donors (Lipinski definition) is 2. The molecule has 0 radical (unpaired) electrons. The standard InChI is InChI=1S/C20H18FN3O3S/c21-12-5-6-17-14(11-12)15(8-10-28-17)22-18(25)7-9-24-16-4-2-1-3-13(16)19(26)23-20(24)27/h1-6,11,15H,7-10H2,(H,22,25)(H,23,26,27)/t15-/m1/s1. The van der Waals surface area contributed by atoms with E-state index in [4.69, 9.17) is 0 Å². The van der Waals surface area contributed by atoms with Gasteiger partial charge < -0.3 is 5.32 Å². The Balaban J connectivity index is 1.51. The highest BCUT2D eigenvalue weighted by molar-refractivity contribution is 7.99. The van der Waals surface area contributed by atoms with Gasteiger partial charge in [0.25, 0.3) is 5.56 Å². The second kappa shape index (κ2) is 7.63. The van der Waals surface area contributed by atoms with Crippen molar-refractivity contribution in [3.05, 3.63) is 74.7 Å². The van der Waals surface area contributed by atoms with Gasteiger partial charge in [0.1, 0.15) is 5.82 Å². The molecular weight excluding hydrogens is 381 g/mol. The van der Waals surface area contributed by atoms with Crippen molar-refractivity contribution >= 4 is 28.6 Å². The molecule has 28 heavy (non-hydrogen) atoms. The monoisotopic (exact) mass is 399 g/mol. The number of amides is 1. The van der Waals surface area contributed by atoms with Crippen LogP contribution in [-0.2, 0) is 11.3 Å². The fourth-order valence-corrected chi connectivity index (χ4v) is 4.57. The summed E-state index contributed by atoms with van der Waals surface area (Å²) in [4.78, 5) is 39.9. The summed E-state index contributed by atoms with van der Waals surface area (Å²) in [6, 6.07) is 11.1. The fourth-order valence-electron chi connectivity index (χ4n) is 3.46. The molecule has 1 aromatic heterocycles. The molecule has 1 atom stereocenters. The molecule has 8 heteroatoms. The number of H-pyrrole nitrogens is 1. The van der Waals surface area contributed by atoms with Gasteiger partial charge in [0.05, 0.1) is 16.9 Å². The number of thioether (sulfide) groups is 1. The minimum absolute atomic E-state index is 0.0736. The Morgan fingerprint density at radius 3 is 2.93 bits per heavy atom. The van der Waals surface area contributed by atoms with Crippen molar-refractivity contribution in [2.45, 2.75) is 30.3 Å². The Morgan fingerprint density at radius 1 is 1.25 bits per heavy atom. The highest BCUT2D eigenvalue weighted by Gasteiger charge is 2.23. The Bertz CT molecular complexity index is 1170. The second-order valence-corrected chi connectivity index (χ2v) is 7.75. The second-order valence-electron chi connectivity index (χ2n) is 6.62. The third-order valence-corrected chi connectivity index (χ3v) is 5.94. The predicted molar refractivity (Wildman–Crippen MR) is 106 cm³/mol. The number of carbonyl (C=O) groups is 1. The van der Waals surface area contributed by atoms with Crippen LogP contribution in [0.4, 0.5) is 4.39 Å². The molecule has 4 rings (SSSR count). The first-order valence-electron chi connectivity index (χ1n) is 8.96. The maximum Gasteiger partial charge on any atom is 0.328 e. The molecule has 3 aromatic rings. The summed E-state index contributed by atoms with van der Waals surface area (Å²) in [5.41, 5.74) is 0.291. The van der Waals surface area contributed by atoms with Crippen LogP contribution < -0.4 is 16.6 Å². The normalized spacial score (nSPS) is 16.0. The van der Waals surface area contributed by atoms with Crippen molar-refractivity contribution in [3.8, 4) is 0 Å². The molecular formula is C20H18FN3O3S. The number of aromatic amines is 1. The average molecular weight is 399 g/mol. The Hall–Kier alpha value is -2.87. The molecule has 0 aliphatic carbocycles. The van der Waals surface area contributed by atoms with Crippen molar-refractivity contribution in [2.75, 3.05) is 5.75 Å². The van der Waals surface area contributed by atoms with Gasteiger partial charge >= 0.3 is 5.69 Å². The van der Waals surface area contributed by atoms with E-state index in [0.29, 0.717) is 17.3 Å². The quantitative estimate of drug-likeness (QED) is 0.706. The first kappa shape index (κ1) is 18.5. The average Bonchev–Trinajstić information content (AvgIpc) is 2.68. The number of hydrogen-bond acceptors (Lipinski definition) is 4. The lowest BCUT2D eigenvalue weighted by atomic mass is 10.0. The molecule has 1 aliphatic rings. The fraction of sp³-hybridized carbons (Fsp3) is 0.250. The Kier molecular flexibility index (Phi) is 5.04. The number of rotatable bonds is 4. The molecule has 2 N–H and O–H groups in total. The summed E-state index contributed by atoms with van der Waals surface area (Å²) in [6.45, 7) is 0.138. The third-order valence-electron chi connectivity index (χ3n) is 4.81. The van der Waals surface area contributed by atoms with Crippen molar-refractivity contribution < 1.29 is 9.18 Å². The Labute approximate surface area is 163 Å². The van der Waals surface area contributed by atoms with Crippen LogP contribution >= 0.6 is 11.8 Å². The highest BCUT2D eigenvalue weighted by atomic mass is 32.2. The lowest BCUT2D eigenvalue weighted by Gasteiger charge is -2.26. The number of aryl methyl sites for hydroxylation is 1. The smallest absolute Gasteiger partial charge is 0.328 e. The van der Waals surface area contributed by atoms with Crippen LogP contribution in [0.3, 0.4) is 0 Å². The van der Waals surface area contributed by atoms with Crippen LogP contribution in [-0.4, -0.2) is 21.2 Å². The third kappa shape index (κ3) is 3.60. The first-order valence-corrected chi connectivity index (χ1v) is 9.95.